The molecule has 2 aromatic heterocycles. The Balaban J connectivity index is 1.64. The Bertz CT molecular complexity index is 714. The largest absolute Gasteiger partial charge is 0.478 e. The van der Waals surface area contributed by atoms with Gasteiger partial charge in [-0.25, -0.2) is 4.79 Å². The summed E-state index contributed by atoms with van der Waals surface area (Å²) in [6.45, 7) is 1.71. The smallest absolute Gasteiger partial charge is 0.338 e. The normalized spacial score (nSPS) is 16.4. The molecule has 1 amide bonds. The standard InChI is InChI=1S/C15H17N3O5/c1-8(14-17-12(18-23-14)9-4-2-3-5-9)16-13(19)11-6-10(7-22-11)15(20)21/h6-9H,2-5H2,1H3,(H,16,19)(H,20,21). The van der Waals surface area contributed by atoms with E-state index in [1.165, 1.54) is 18.9 Å². The molecule has 0 bridgehead atoms. The second-order valence-corrected chi connectivity index (χ2v) is 5.67. The molecule has 1 aliphatic rings. The maximum atomic E-state index is 12.0. The number of carboxylic acids is 1. The number of nitrogens with zero attached hydrogens (tertiary/aromatic N) is 2. The van der Waals surface area contributed by atoms with E-state index in [2.05, 4.69) is 15.5 Å². The predicted octanol–water partition coefficient (Wildman–Crippen LogP) is 2.51. The molecule has 8 heteroatoms. The van der Waals surface area contributed by atoms with E-state index in [9.17, 15) is 9.59 Å². The van der Waals surface area contributed by atoms with Crippen molar-refractivity contribution in [3.63, 3.8) is 0 Å². The van der Waals surface area contributed by atoms with Crippen LogP contribution in [0.5, 0.6) is 0 Å². The van der Waals surface area contributed by atoms with E-state index >= 15 is 0 Å². The van der Waals surface area contributed by atoms with E-state index in [0.29, 0.717) is 17.6 Å². The fraction of sp³-hybridized carbons (Fsp3) is 0.467. The van der Waals surface area contributed by atoms with E-state index in [1.807, 2.05) is 0 Å². The molecule has 0 saturated heterocycles. The number of aromatic nitrogens is 2. The molecule has 0 aliphatic heterocycles. The van der Waals surface area contributed by atoms with Crippen molar-refractivity contribution in [2.24, 2.45) is 0 Å². The molecule has 2 heterocycles. The Morgan fingerprint density at radius 3 is 2.78 bits per heavy atom. The minimum absolute atomic E-state index is 0.0789. The zero-order valence-corrected chi connectivity index (χ0v) is 12.6. The summed E-state index contributed by atoms with van der Waals surface area (Å²) in [7, 11) is 0. The molecule has 0 radical (unpaired) electrons. The van der Waals surface area contributed by atoms with Crippen LogP contribution in [0.1, 0.15) is 77.2 Å². The predicted molar refractivity (Wildman–Crippen MR) is 77.1 cm³/mol. The molecular weight excluding hydrogens is 302 g/mol. The lowest BCUT2D eigenvalue weighted by molar-refractivity contribution is 0.0695. The van der Waals surface area contributed by atoms with Crippen molar-refractivity contribution in [3.8, 4) is 0 Å². The molecule has 23 heavy (non-hydrogen) atoms. The van der Waals surface area contributed by atoms with Crippen LogP contribution in [0, 0.1) is 0 Å². The van der Waals surface area contributed by atoms with Crippen LogP contribution < -0.4 is 5.32 Å². The van der Waals surface area contributed by atoms with Gasteiger partial charge in [-0.1, -0.05) is 18.0 Å². The minimum atomic E-state index is -1.15. The summed E-state index contributed by atoms with van der Waals surface area (Å²) < 4.78 is 10.2. The van der Waals surface area contributed by atoms with Crippen molar-refractivity contribution in [3.05, 3.63) is 35.4 Å². The molecular formula is C15H17N3O5. The zero-order chi connectivity index (χ0) is 16.4. The molecule has 122 valence electrons. The van der Waals surface area contributed by atoms with Gasteiger partial charge in [0.2, 0.25) is 5.89 Å². The van der Waals surface area contributed by atoms with Crippen LogP contribution in [0.2, 0.25) is 0 Å². The number of hydrogen-bond donors (Lipinski definition) is 2. The third kappa shape index (κ3) is 3.25. The quantitative estimate of drug-likeness (QED) is 0.869. The molecule has 2 aromatic rings. The van der Waals surface area contributed by atoms with Gasteiger partial charge < -0.3 is 19.4 Å². The van der Waals surface area contributed by atoms with E-state index in [-0.39, 0.29) is 11.3 Å². The topological polar surface area (TPSA) is 118 Å². The van der Waals surface area contributed by atoms with E-state index in [4.69, 9.17) is 14.0 Å². The van der Waals surface area contributed by atoms with Crippen LogP contribution in [0.25, 0.3) is 0 Å². The summed E-state index contributed by atoms with van der Waals surface area (Å²) >= 11 is 0. The first-order valence-electron chi connectivity index (χ1n) is 7.51. The number of carboxylic acid groups (broad SMARTS) is 1. The Kier molecular flexibility index (Phi) is 4.14. The molecule has 0 spiro atoms. The van der Waals surface area contributed by atoms with Crippen molar-refractivity contribution < 1.29 is 23.6 Å². The number of aromatic carboxylic acids is 1. The van der Waals surface area contributed by atoms with Crippen LogP contribution in [-0.2, 0) is 0 Å². The second kappa shape index (κ2) is 6.23. The van der Waals surface area contributed by atoms with Gasteiger partial charge >= 0.3 is 5.97 Å². The summed E-state index contributed by atoms with van der Waals surface area (Å²) in [6.07, 6.45) is 5.48. The third-order valence-electron chi connectivity index (χ3n) is 3.97. The first-order chi connectivity index (χ1) is 11.0. The second-order valence-electron chi connectivity index (χ2n) is 5.67. The van der Waals surface area contributed by atoms with Gasteiger partial charge in [-0.15, -0.1) is 0 Å². The molecule has 1 unspecified atom stereocenters. The van der Waals surface area contributed by atoms with Crippen LogP contribution in [0.4, 0.5) is 0 Å². The highest BCUT2D eigenvalue weighted by Gasteiger charge is 2.25. The van der Waals surface area contributed by atoms with Gasteiger partial charge in [0.05, 0.1) is 5.56 Å². The summed E-state index contributed by atoms with van der Waals surface area (Å²) in [5.41, 5.74) is -0.0795. The van der Waals surface area contributed by atoms with Crippen LogP contribution in [-0.4, -0.2) is 27.1 Å². The highest BCUT2D eigenvalue weighted by molar-refractivity contribution is 5.95. The summed E-state index contributed by atoms with van der Waals surface area (Å²) in [4.78, 5) is 27.2. The highest BCUT2D eigenvalue weighted by atomic mass is 16.5. The lowest BCUT2D eigenvalue weighted by Gasteiger charge is -2.07. The number of carbonyl (C=O) groups excluding carboxylic acids is 1. The Morgan fingerprint density at radius 2 is 2.13 bits per heavy atom. The van der Waals surface area contributed by atoms with Gasteiger partial charge in [-0.2, -0.15) is 4.98 Å². The Morgan fingerprint density at radius 1 is 1.39 bits per heavy atom. The van der Waals surface area contributed by atoms with Crippen molar-refractivity contribution in [2.45, 2.75) is 44.6 Å². The van der Waals surface area contributed by atoms with Gasteiger partial charge in [0.15, 0.2) is 11.6 Å². The van der Waals surface area contributed by atoms with Crippen molar-refractivity contribution in [2.75, 3.05) is 0 Å². The van der Waals surface area contributed by atoms with Gasteiger partial charge in [-0.05, 0) is 19.8 Å². The lowest BCUT2D eigenvalue weighted by atomic mass is 10.1. The third-order valence-corrected chi connectivity index (χ3v) is 3.97. The first kappa shape index (κ1) is 15.3. The fourth-order valence-electron chi connectivity index (χ4n) is 2.67. The van der Waals surface area contributed by atoms with Crippen molar-refractivity contribution >= 4 is 11.9 Å². The fourth-order valence-corrected chi connectivity index (χ4v) is 2.67. The molecule has 1 saturated carbocycles. The lowest BCUT2D eigenvalue weighted by Crippen LogP contribution is -2.26. The summed E-state index contributed by atoms with van der Waals surface area (Å²) in [5.74, 6) is -0.428. The van der Waals surface area contributed by atoms with E-state index < -0.39 is 17.9 Å². The van der Waals surface area contributed by atoms with Crippen LogP contribution in [0.15, 0.2) is 21.3 Å². The molecule has 8 nitrogen and oxygen atoms in total. The number of amides is 1. The average molecular weight is 319 g/mol. The maximum absolute atomic E-state index is 12.0. The van der Waals surface area contributed by atoms with Crippen LogP contribution in [0.3, 0.4) is 0 Å². The van der Waals surface area contributed by atoms with Crippen molar-refractivity contribution in [1.29, 1.82) is 0 Å². The number of nitrogens with one attached hydrogen (secondary N) is 1. The van der Waals surface area contributed by atoms with Gasteiger partial charge in [0, 0.05) is 12.0 Å². The van der Waals surface area contributed by atoms with Gasteiger partial charge in [0.1, 0.15) is 12.3 Å². The Labute approximate surface area is 131 Å². The molecule has 0 aromatic carbocycles. The zero-order valence-electron chi connectivity index (χ0n) is 12.6. The maximum Gasteiger partial charge on any atom is 0.338 e. The van der Waals surface area contributed by atoms with E-state index in [0.717, 1.165) is 19.1 Å². The van der Waals surface area contributed by atoms with E-state index in [1.54, 1.807) is 6.92 Å². The Hall–Kier alpha value is -2.64. The number of carbonyl (C=O) groups is 2. The molecule has 3 rings (SSSR count). The molecule has 1 aliphatic carbocycles. The van der Waals surface area contributed by atoms with Gasteiger partial charge in [0.25, 0.3) is 5.91 Å². The van der Waals surface area contributed by atoms with Gasteiger partial charge in [-0.3, -0.25) is 4.79 Å². The first-order valence-corrected chi connectivity index (χ1v) is 7.51. The molecule has 1 fully saturated rings. The summed E-state index contributed by atoms with van der Waals surface area (Å²) in [5, 5.41) is 15.5. The number of rotatable bonds is 5. The van der Waals surface area contributed by atoms with Crippen LogP contribution >= 0.6 is 0 Å². The highest BCUT2D eigenvalue weighted by Crippen LogP contribution is 2.32. The summed E-state index contributed by atoms with van der Waals surface area (Å²) in [6, 6.07) is 0.672. The molecule has 2 N–H and O–H groups in total. The minimum Gasteiger partial charge on any atom is -0.478 e. The molecule has 1 atom stereocenters. The van der Waals surface area contributed by atoms with Crippen molar-refractivity contribution in [1.82, 2.24) is 15.5 Å². The monoisotopic (exact) mass is 319 g/mol. The number of furan rings is 1. The average Bonchev–Trinajstić information content (AvgIpc) is 3.26. The SMILES string of the molecule is CC(NC(=O)c1cc(C(=O)O)co1)c1nc(C2CCCC2)no1. The number of hydrogen-bond acceptors (Lipinski definition) is 6.